The number of nitrogens with zero attached hydrogens (tertiary/aromatic N) is 3. The third kappa shape index (κ3) is 2.91. The van der Waals surface area contributed by atoms with E-state index in [2.05, 4.69) is 20.6 Å². The van der Waals surface area contributed by atoms with Crippen LogP contribution in [0.2, 0.25) is 0 Å². The highest BCUT2D eigenvalue weighted by molar-refractivity contribution is 6.00. The standard InChI is InChI=1S/C7H8N4O.C4H9N/c1-11-4-10-7(12)5-2-8-3-9-6(5)11;1-2-4-5-3-1/h2-3H,4H2,1H3,(H,10,12);5H,1-4H2. The van der Waals surface area contributed by atoms with Crippen LogP contribution in [-0.2, 0) is 0 Å². The number of nitrogens with one attached hydrogen (secondary N) is 2. The molecule has 0 spiro atoms. The van der Waals surface area contributed by atoms with Gasteiger partial charge in [-0.15, -0.1) is 0 Å². The van der Waals surface area contributed by atoms with Gasteiger partial charge in [-0.1, -0.05) is 0 Å². The van der Waals surface area contributed by atoms with E-state index in [1.165, 1.54) is 38.5 Å². The molecule has 3 rings (SSSR count). The fourth-order valence-electron chi connectivity index (χ4n) is 1.77. The first-order valence-corrected chi connectivity index (χ1v) is 5.79. The smallest absolute Gasteiger partial charge is 0.258 e. The molecule has 2 aliphatic rings. The molecule has 1 amide bonds. The van der Waals surface area contributed by atoms with Crippen LogP contribution in [0.3, 0.4) is 0 Å². The SMILES string of the molecule is C1CCNC1.CN1CNC(=O)c2cncnc21. The van der Waals surface area contributed by atoms with Crippen LogP contribution in [0.4, 0.5) is 5.82 Å². The van der Waals surface area contributed by atoms with Crippen LogP contribution in [-0.4, -0.2) is 42.7 Å². The van der Waals surface area contributed by atoms with E-state index in [-0.39, 0.29) is 5.91 Å². The van der Waals surface area contributed by atoms with Gasteiger partial charge in [-0.2, -0.15) is 0 Å². The molecule has 1 saturated heterocycles. The fraction of sp³-hybridized carbons (Fsp3) is 0.545. The first kappa shape index (κ1) is 11.8. The minimum atomic E-state index is -0.108. The zero-order valence-electron chi connectivity index (χ0n) is 9.94. The molecule has 3 heterocycles. The number of hydrogen-bond donors (Lipinski definition) is 2. The van der Waals surface area contributed by atoms with E-state index in [0.29, 0.717) is 18.1 Å². The van der Waals surface area contributed by atoms with Crippen LogP contribution in [0.5, 0.6) is 0 Å². The molecular formula is C11H17N5O. The maximum atomic E-state index is 11.2. The number of amides is 1. The van der Waals surface area contributed by atoms with E-state index in [1.807, 2.05) is 11.9 Å². The van der Waals surface area contributed by atoms with Crippen LogP contribution < -0.4 is 15.5 Å². The highest BCUT2D eigenvalue weighted by Crippen LogP contribution is 2.16. The van der Waals surface area contributed by atoms with Crippen molar-refractivity contribution in [3.8, 4) is 0 Å². The summed E-state index contributed by atoms with van der Waals surface area (Å²) in [5.41, 5.74) is 0.534. The summed E-state index contributed by atoms with van der Waals surface area (Å²) in [7, 11) is 1.87. The Bertz CT molecular complexity index is 384. The molecular weight excluding hydrogens is 218 g/mol. The summed E-state index contributed by atoms with van der Waals surface area (Å²) in [6, 6.07) is 0. The van der Waals surface area contributed by atoms with Gasteiger partial charge in [0.15, 0.2) is 0 Å². The van der Waals surface area contributed by atoms with Crippen molar-refractivity contribution in [3.63, 3.8) is 0 Å². The maximum Gasteiger partial charge on any atom is 0.258 e. The average molecular weight is 235 g/mol. The summed E-state index contributed by atoms with van der Waals surface area (Å²) in [5.74, 6) is 0.581. The molecule has 0 atom stereocenters. The molecule has 6 nitrogen and oxygen atoms in total. The molecule has 2 N–H and O–H groups in total. The Morgan fingerprint density at radius 2 is 2.12 bits per heavy atom. The molecule has 0 unspecified atom stereocenters. The molecule has 0 bridgehead atoms. The van der Waals surface area contributed by atoms with Crippen molar-refractivity contribution < 1.29 is 4.79 Å². The molecule has 2 aliphatic heterocycles. The number of aromatic nitrogens is 2. The Labute approximate surface area is 100 Å². The second-order valence-electron chi connectivity index (χ2n) is 4.08. The van der Waals surface area contributed by atoms with Gasteiger partial charge < -0.3 is 15.5 Å². The van der Waals surface area contributed by atoms with Gasteiger partial charge in [0.1, 0.15) is 17.7 Å². The van der Waals surface area contributed by atoms with Crippen LogP contribution >= 0.6 is 0 Å². The van der Waals surface area contributed by atoms with Crippen molar-refractivity contribution in [2.24, 2.45) is 0 Å². The zero-order chi connectivity index (χ0) is 12.1. The van der Waals surface area contributed by atoms with Crippen molar-refractivity contribution >= 4 is 11.7 Å². The molecule has 92 valence electrons. The summed E-state index contributed by atoms with van der Waals surface area (Å²) in [6.07, 6.45) is 5.74. The van der Waals surface area contributed by atoms with Crippen molar-refractivity contribution in [3.05, 3.63) is 18.1 Å². The van der Waals surface area contributed by atoms with E-state index in [9.17, 15) is 4.79 Å². The third-order valence-corrected chi connectivity index (χ3v) is 2.73. The Kier molecular flexibility index (Phi) is 3.87. The van der Waals surface area contributed by atoms with Gasteiger partial charge >= 0.3 is 0 Å². The largest absolute Gasteiger partial charge is 0.341 e. The van der Waals surface area contributed by atoms with Gasteiger partial charge in [-0.25, -0.2) is 9.97 Å². The number of carbonyl (C=O) groups is 1. The summed E-state index contributed by atoms with van der Waals surface area (Å²) in [4.78, 5) is 20.9. The van der Waals surface area contributed by atoms with Gasteiger partial charge in [0, 0.05) is 13.2 Å². The lowest BCUT2D eigenvalue weighted by atomic mass is 10.2. The topological polar surface area (TPSA) is 70.2 Å². The Hall–Kier alpha value is -1.69. The molecule has 0 aromatic carbocycles. The number of fused-ring (bicyclic) bond motifs is 1. The first-order valence-electron chi connectivity index (χ1n) is 5.79. The van der Waals surface area contributed by atoms with Crippen molar-refractivity contribution in [2.75, 3.05) is 31.7 Å². The summed E-state index contributed by atoms with van der Waals surface area (Å²) >= 11 is 0. The fourth-order valence-corrected chi connectivity index (χ4v) is 1.77. The molecule has 1 aromatic heterocycles. The number of rotatable bonds is 0. The van der Waals surface area contributed by atoms with Gasteiger partial charge in [0.2, 0.25) is 0 Å². The zero-order valence-corrected chi connectivity index (χ0v) is 9.94. The quantitative estimate of drug-likeness (QED) is 0.661. The van der Waals surface area contributed by atoms with Crippen LogP contribution in [0.1, 0.15) is 23.2 Å². The van der Waals surface area contributed by atoms with E-state index < -0.39 is 0 Å². The molecule has 0 saturated carbocycles. The molecule has 1 fully saturated rings. The first-order chi connectivity index (χ1) is 8.29. The lowest BCUT2D eigenvalue weighted by Crippen LogP contribution is -2.41. The van der Waals surface area contributed by atoms with E-state index in [4.69, 9.17) is 0 Å². The normalized spacial score (nSPS) is 17.9. The highest BCUT2D eigenvalue weighted by Gasteiger charge is 2.20. The van der Waals surface area contributed by atoms with Crippen molar-refractivity contribution in [1.82, 2.24) is 20.6 Å². The predicted molar refractivity (Wildman–Crippen MR) is 64.9 cm³/mol. The lowest BCUT2D eigenvalue weighted by Gasteiger charge is -2.25. The molecule has 0 radical (unpaired) electrons. The van der Waals surface area contributed by atoms with Crippen molar-refractivity contribution in [2.45, 2.75) is 12.8 Å². The number of anilines is 1. The number of hydrogen-bond acceptors (Lipinski definition) is 5. The van der Waals surface area contributed by atoms with Gasteiger partial charge in [-0.3, -0.25) is 4.79 Å². The van der Waals surface area contributed by atoms with Gasteiger partial charge in [0.05, 0.1) is 6.67 Å². The minimum absolute atomic E-state index is 0.108. The van der Waals surface area contributed by atoms with Crippen LogP contribution in [0, 0.1) is 0 Å². The van der Waals surface area contributed by atoms with E-state index >= 15 is 0 Å². The predicted octanol–water partition coefficient (Wildman–Crippen LogP) is -0.0165. The van der Waals surface area contributed by atoms with E-state index in [0.717, 1.165) is 0 Å². The van der Waals surface area contributed by atoms with E-state index in [1.54, 1.807) is 0 Å². The molecule has 1 aromatic rings. The van der Waals surface area contributed by atoms with Crippen LogP contribution in [0.25, 0.3) is 0 Å². The third-order valence-electron chi connectivity index (χ3n) is 2.73. The highest BCUT2D eigenvalue weighted by atomic mass is 16.2. The minimum Gasteiger partial charge on any atom is -0.341 e. The summed E-state index contributed by atoms with van der Waals surface area (Å²) < 4.78 is 0. The second-order valence-corrected chi connectivity index (χ2v) is 4.08. The lowest BCUT2D eigenvalue weighted by molar-refractivity contribution is 0.0947. The molecule has 17 heavy (non-hydrogen) atoms. The number of carbonyl (C=O) groups excluding carboxylic acids is 1. The average Bonchev–Trinajstić information content (AvgIpc) is 2.93. The Morgan fingerprint density at radius 1 is 1.35 bits per heavy atom. The van der Waals surface area contributed by atoms with Gasteiger partial charge in [0.25, 0.3) is 5.91 Å². The summed E-state index contributed by atoms with van der Waals surface area (Å²) in [5, 5.41) is 5.92. The second kappa shape index (κ2) is 5.58. The van der Waals surface area contributed by atoms with Gasteiger partial charge in [-0.05, 0) is 25.9 Å². The Morgan fingerprint density at radius 3 is 2.71 bits per heavy atom. The molecule has 6 heteroatoms. The maximum absolute atomic E-state index is 11.2. The Balaban J connectivity index is 0.000000181. The summed E-state index contributed by atoms with van der Waals surface area (Å²) in [6.45, 7) is 3.00. The molecule has 0 aliphatic carbocycles. The van der Waals surface area contributed by atoms with Crippen LogP contribution in [0.15, 0.2) is 12.5 Å². The monoisotopic (exact) mass is 235 g/mol. The van der Waals surface area contributed by atoms with Crippen molar-refractivity contribution in [1.29, 1.82) is 0 Å².